The van der Waals surface area contributed by atoms with Crippen LogP contribution in [0.2, 0.25) is 0 Å². The number of ether oxygens (including phenoxy) is 3. The van der Waals surface area contributed by atoms with E-state index in [9.17, 15) is 18.8 Å². The smallest absolute Gasteiger partial charge is 0.328 e. The van der Waals surface area contributed by atoms with Crippen molar-refractivity contribution in [1.29, 1.82) is 5.26 Å². The molecule has 2 aliphatic rings. The van der Waals surface area contributed by atoms with E-state index >= 15 is 0 Å². The fourth-order valence-electron chi connectivity index (χ4n) is 5.41. The Kier molecular flexibility index (Phi) is 10.8. The number of amides is 2. The van der Waals surface area contributed by atoms with Crippen LogP contribution in [0.1, 0.15) is 53.9 Å². The number of pyridine rings is 2. The van der Waals surface area contributed by atoms with Crippen molar-refractivity contribution >= 4 is 23.4 Å². The van der Waals surface area contributed by atoms with E-state index in [1.54, 1.807) is 23.0 Å². The fraction of sp³-hybridized carbons (Fsp3) is 0.571. The number of aryl methyl sites for hydroxylation is 1. The lowest BCUT2D eigenvalue weighted by molar-refractivity contribution is -0.109. The first-order chi connectivity index (χ1) is 19.9. The number of hydrogen-bond donors (Lipinski definition) is 2. The molecule has 0 atom stereocenters. The molecule has 4 heterocycles. The van der Waals surface area contributed by atoms with Gasteiger partial charge in [0.2, 0.25) is 6.29 Å². The molecule has 11 nitrogen and oxygen atoms in total. The third-order valence-electron chi connectivity index (χ3n) is 7.42. The van der Waals surface area contributed by atoms with Gasteiger partial charge in [0.05, 0.1) is 24.4 Å². The maximum atomic E-state index is 13.5. The van der Waals surface area contributed by atoms with Gasteiger partial charge in [0.1, 0.15) is 23.4 Å². The zero-order chi connectivity index (χ0) is 29.4. The molecule has 1 saturated heterocycles. The van der Waals surface area contributed by atoms with Crippen molar-refractivity contribution in [2.45, 2.75) is 44.3 Å². The largest absolute Gasteiger partial charge is 0.383 e. The van der Waals surface area contributed by atoms with Crippen LogP contribution in [-0.2, 0) is 20.6 Å². The average molecular weight is 574 g/mol. The van der Waals surface area contributed by atoms with E-state index in [0.29, 0.717) is 61.4 Å². The molecule has 0 saturated carbocycles. The summed E-state index contributed by atoms with van der Waals surface area (Å²) >= 11 is 0. The Morgan fingerprint density at radius 2 is 1.95 bits per heavy atom. The fourth-order valence-corrected chi connectivity index (χ4v) is 5.41. The second kappa shape index (κ2) is 14.5. The molecule has 2 aliphatic heterocycles. The summed E-state index contributed by atoms with van der Waals surface area (Å²) in [4.78, 5) is 26.0. The number of alkyl halides is 2. The number of nitriles is 1. The number of carbonyl (C=O) groups is 1. The van der Waals surface area contributed by atoms with Crippen LogP contribution in [0.3, 0.4) is 0 Å². The van der Waals surface area contributed by atoms with Gasteiger partial charge >= 0.3 is 6.03 Å². The Bertz CT molecular complexity index is 1230. The SMILES string of the molecule is COCCNc1cc(NC(=O)N2CCCc3cc(C4CCN(CC(F)F)CC4)c(C(OC)OC)nc32)ncc1C#N. The van der Waals surface area contributed by atoms with Crippen molar-refractivity contribution in [3.8, 4) is 6.07 Å². The minimum Gasteiger partial charge on any atom is -0.383 e. The number of rotatable bonds is 11. The predicted octanol–water partition coefficient (Wildman–Crippen LogP) is 4.13. The second-order valence-corrected chi connectivity index (χ2v) is 10.0. The minimum absolute atomic E-state index is 0.112. The minimum atomic E-state index is -2.35. The molecule has 0 aliphatic carbocycles. The number of fused-ring (bicyclic) bond motifs is 1. The van der Waals surface area contributed by atoms with Crippen molar-refractivity contribution in [2.24, 2.45) is 0 Å². The molecule has 4 rings (SSSR count). The molecular formula is C28H37F2N7O4. The Labute approximate surface area is 238 Å². The summed E-state index contributed by atoms with van der Waals surface area (Å²) in [6.45, 7) is 2.33. The highest BCUT2D eigenvalue weighted by atomic mass is 19.3. The Morgan fingerprint density at radius 1 is 1.20 bits per heavy atom. The number of methoxy groups -OCH3 is 3. The normalized spacial score (nSPS) is 16.1. The van der Waals surface area contributed by atoms with Crippen LogP contribution in [0.25, 0.3) is 0 Å². The first-order valence-electron chi connectivity index (χ1n) is 13.7. The number of carbonyl (C=O) groups excluding carboxylic acids is 1. The molecule has 1 fully saturated rings. The lowest BCUT2D eigenvalue weighted by atomic mass is 9.86. The molecule has 2 N–H and O–H groups in total. The van der Waals surface area contributed by atoms with Gasteiger partial charge < -0.3 is 19.5 Å². The number of urea groups is 1. The van der Waals surface area contributed by atoms with E-state index in [0.717, 1.165) is 36.8 Å². The third-order valence-corrected chi connectivity index (χ3v) is 7.42. The van der Waals surface area contributed by atoms with Crippen molar-refractivity contribution in [2.75, 3.05) is 76.2 Å². The van der Waals surface area contributed by atoms with Crippen LogP contribution < -0.4 is 15.5 Å². The summed E-state index contributed by atoms with van der Waals surface area (Å²) in [5.41, 5.74) is 3.38. The number of aromatic nitrogens is 2. The van der Waals surface area contributed by atoms with Gasteiger partial charge in [0.25, 0.3) is 6.43 Å². The maximum absolute atomic E-state index is 13.5. The van der Waals surface area contributed by atoms with E-state index in [1.165, 1.54) is 20.4 Å². The summed E-state index contributed by atoms with van der Waals surface area (Å²) < 4.78 is 42.0. The molecule has 13 heteroatoms. The van der Waals surface area contributed by atoms with Gasteiger partial charge in [0.15, 0.2) is 0 Å². The standard InChI is InChI=1S/C28H37F2N7O4/c1-39-12-8-32-22-14-24(33-16-20(22)15-31)34-28(38)37-9-4-5-19-13-21(25(35-26(19)37)27(40-2)41-3)18-6-10-36(11-7-18)17-23(29)30/h13-14,16,18,23,27H,4-12,17H2,1-3H3,(H2,32,33,34,38). The molecule has 0 spiro atoms. The molecule has 0 aromatic carbocycles. The van der Waals surface area contributed by atoms with E-state index < -0.39 is 18.7 Å². The second-order valence-electron chi connectivity index (χ2n) is 10.0. The Balaban J connectivity index is 1.59. The van der Waals surface area contributed by atoms with Crippen LogP contribution in [0.15, 0.2) is 18.3 Å². The van der Waals surface area contributed by atoms with Gasteiger partial charge in [0, 0.05) is 46.7 Å². The number of hydrogen-bond acceptors (Lipinski definition) is 9. The van der Waals surface area contributed by atoms with Gasteiger partial charge in [-0.1, -0.05) is 0 Å². The summed E-state index contributed by atoms with van der Waals surface area (Å²) in [5, 5.41) is 15.4. The van der Waals surface area contributed by atoms with E-state index in [-0.39, 0.29) is 12.5 Å². The van der Waals surface area contributed by atoms with E-state index in [2.05, 4.69) is 27.8 Å². The van der Waals surface area contributed by atoms with Crippen LogP contribution >= 0.6 is 0 Å². The Hall–Kier alpha value is -3.44. The van der Waals surface area contributed by atoms with Crippen molar-refractivity contribution in [3.63, 3.8) is 0 Å². The lowest BCUT2D eigenvalue weighted by Crippen LogP contribution is -2.40. The highest BCUT2D eigenvalue weighted by Gasteiger charge is 2.32. The monoisotopic (exact) mass is 573 g/mol. The van der Waals surface area contributed by atoms with Crippen molar-refractivity contribution in [3.05, 3.63) is 40.7 Å². The van der Waals surface area contributed by atoms with Crippen molar-refractivity contribution in [1.82, 2.24) is 14.9 Å². The van der Waals surface area contributed by atoms with Gasteiger partial charge in [-0.25, -0.2) is 23.5 Å². The number of nitrogens with one attached hydrogen (secondary N) is 2. The van der Waals surface area contributed by atoms with Crippen LogP contribution in [0, 0.1) is 11.3 Å². The lowest BCUT2D eigenvalue weighted by Gasteiger charge is -2.35. The number of likely N-dealkylation sites (tertiary alicyclic amines) is 1. The molecule has 2 amide bonds. The van der Waals surface area contributed by atoms with Crippen molar-refractivity contribution < 1.29 is 27.8 Å². The number of nitrogens with zero attached hydrogens (tertiary/aromatic N) is 5. The Morgan fingerprint density at radius 3 is 2.61 bits per heavy atom. The molecule has 2 aromatic rings. The molecule has 2 aromatic heterocycles. The van der Waals surface area contributed by atoms with Crippen LogP contribution in [-0.4, -0.2) is 88.0 Å². The molecule has 0 unspecified atom stereocenters. The predicted molar refractivity (Wildman–Crippen MR) is 149 cm³/mol. The number of halogens is 2. The quantitative estimate of drug-likeness (QED) is 0.302. The van der Waals surface area contributed by atoms with Crippen LogP contribution in [0.5, 0.6) is 0 Å². The number of anilines is 3. The molecule has 222 valence electrons. The maximum Gasteiger partial charge on any atom is 0.328 e. The van der Waals surface area contributed by atoms with Crippen LogP contribution in [0.4, 0.5) is 30.9 Å². The van der Waals surface area contributed by atoms with Gasteiger partial charge in [-0.15, -0.1) is 0 Å². The zero-order valence-corrected chi connectivity index (χ0v) is 23.7. The molecule has 0 radical (unpaired) electrons. The first-order valence-corrected chi connectivity index (χ1v) is 13.7. The van der Waals surface area contributed by atoms with E-state index in [1.807, 2.05) is 0 Å². The molecule has 0 bridgehead atoms. The van der Waals surface area contributed by atoms with E-state index in [4.69, 9.17) is 19.2 Å². The highest BCUT2D eigenvalue weighted by molar-refractivity contribution is 6.01. The van der Waals surface area contributed by atoms with Gasteiger partial charge in [-0.3, -0.25) is 15.1 Å². The molecular weight excluding hydrogens is 536 g/mol. The topological polar surface area (TPSA) is 125 Å². The van der Waals surface area contributed by atoms with Gasteiger partial charge in [-0.05, 0) is 61.9 Å². The third kappa shape index (κ3) is 7.45. The average Bonchev–Trinajstić information content (AvgIpc) is 2.97. The summed E-state index contributed by atoms with van der Waals surface area (Å²) in [6, 6.07) is 5.39. The summed E-state index contributed by atoms with van der Waals surface area (Å²) in [5.74, 6) is 0.925. The zero-order valence-electron chi connectivity index (χ0n) is 23.7. The summed E-state index contributed by atoms with van der Waals surface area (Å²) in [6.07, 6.45) is 1.24. The summed E-state index contributed by atoms with van der Waals surface area (Å²) in [7, 11) is 4.65. The first kappa shape index (κ1) is 30.5. The molecule has 41 heavy (non-hydrogen) atoms. The number of piperidine rings is 1. The highest BCUT2D eigenvalue weighted by Crippen LogP contribution is 2.38. The van der Waals surface area contributed by atoms with Gasteiger partial charge in [-0.2, -0.15) is 5.26 Å².